The van der Waals surface area contributed by atoms with Gasteiger partial charge < -0.3 is 10.1 Å². The summed E-state index contributed by atoms with van der Waals surface area (Å²) in [5, 5.41) is 3.14. The Kier molecular flexibility index (Phi) is 2.88. The van der Waals surface area contributed by atoms with Crippen molar-refractivity contribution in [2.75, 3.05) is 13.7 Å². The molecule has 64 valence electrons. The molecular formula is C8H15NO2. The minimum absolute atomic E-state index is 0.0591. The van der Waals surface area contributed by atoms with Gasteiger partial charge in [-0.1, -0.05) is 6.92 Å². The lowest BCUT2D eigenvalue weighted by atomic mass is 9.97. The zero-order valence-electron chi connectivity index (χ0n) is 7.09. The van der Waals surface area contributed by atoms with Crippen molar-refractivity contribution >= 4 is 5.97 Å². The van der Waals surface area contributed by atoms with Crippen LogP contribution >= 0.6 is 0 Å². The van der Waals surface area contributed by atoms with Crippen LogP contribution < -0.4 is 5.32 Å². The van der Waals surface area contributed by atoms with Gasteiger partial charge in [0.1, 0.15) is 6.04 Å². The molecule has 0 aromatic rings. The van der Waals surface area contributed by atoms with Crippen LogP contribution in [0.2, 0.25) is 0 Å². The number of ether oxygens (including phenoxy) is 1. The highest BCUT2D eigenvalue weighted by Gasteiger charge is 2.23. The van der Waals surface area contributed by atoms with Crippen LogP contribution in [0.15, 0.2) is 0 Å². The van der Waals surface area contributed by atoms with E-state index in [-0.39, 0.29) is 12.0 Å². The zero-order chi connectivity index (χ0) is 8.27. The molecule has 0 saturated carbocycles. The molecule has 1 saturated heterocycles. The van der Waals surface area contributed by atoms with Crippen molar-refractivity contribution in [1.29, 1.82) is 0 Å². The van der Waals surface area contributed by atoms with Crippen LogP contribution in [-0.4, -0.2) is 25.7 Å². The van der Waals surface area contributed by atoms with E-state index in [1.165, 1.54) is 7.11 Å². The van der Waals surface area contributed by atoms with Gasteiger partial charge in [0.2, 0.25) is 0 Å². The third kappa shape index (κ3) is 2.19. The Morgan fingerprint density at radius 3 is 2.73 bits per heavy atom. The second-order valence-electron chi connectivity index (χ2n) is 3.17. The van der Waals surface area contributed by atoms with Crippen LogP contribution in [0, 0.1) is 5.92 Å². The van der Waals surface area contributed by atoms with E-state index in [9.17, 15) is 4.79 Å². The van der Waals surface area contributed by atoms with Gasteiger partial charge in [0.15, 0.2) is 0 Å². The van der Waals surface area contributed by atoms with Crippen LogP contribution in [0.5, 0.6) is 0 Å². The van der Waals surface area contributed by atoms with E-state index in [0.29, 0.717) is 5.92 Å². The van der Waals surface area contributed by atoms with E-state index < -0.39 is 0 Å². The maximum absolute atomic E-state index is 11.0. The molecule has 1 N–H and O–H groups in total. The maximum Gasteiger partial charge on any atom is 0.322 e. The fourth-order valence-corrected chi connectivity index (χ4v) is 1.34. The van der Waals surface area contributed by atoms with E-state index >= 15 is 0 Å². The molecule has 1 aliphatic rings. The molecule has 0 radical (unpaired) electrons. The molecule has 1 heterocycles. The highest BCUT2D eigenvalue weighted by Crippen LogP contribution is 2.13. The highest BCUT2D eigenvalue weighted by molar-refractivity contribution is 5.75. The average Bonchev–Trinajstić information content (AvgIpc) is 2.05. The fourth-order valence-electron chi connectivity index (χ4n) is 1.34. The van der Waals surface area contributed by atoms with E-state index in [1.807, 2.05) is 0 Å². The molecule has 0 bridgehead atoms. The quantitative estimate of drug-likeness (QED) is 0.565. The zero-order valence-corrected chi connectivity index (χ0v) is 7.09. The standard InChI is InChI=1S/C8H15NO2/c1-6-3-4-7(9-5-6)8(10)11-2/h6-7,9H,3-5H2,1-2H3/t6-,7-/m1/s1. The van der Waals surface area contributed by atoms with Crippen molar-refractivity contribution in [1.82, 2.24) is 5.32 Å². The molecule has 0 spiro atoms. The minimum Gasteiger partial charge on any atom is -0.468 e. The molecule has 0 unspecified atom stereocenters. The van der Waals surface area contributed by atoms with Crippen molar-refractivity contribution in [3.05, 3.63) is 0 Å². The molecule has 0 amide bonds. The largest absolute Gasteiger partial charge is 0.468 e. The molecule has 1 rings (SSSR count). The number of rotatable bonds is 1. The number of methoxy groups -OCH3 is 1. The molecule has 2 atom stereocenters. The summed E-state index contributed by atoms with van der Waals surface area (Å²) in [4.78, 5) is 11.0. The summed E-state index contributed by atoms with van der Waals surface area (Å²) in [7, 11) is 1.43. The number of hydrogen-bond acceptors (Lipinski definition) is 3. The van der Waals surface area contributed by atoms with Gasteiger partial charge in [-0.3, -0.25) is 4.79 Å². The molecule has 3 heteroatoms. The summed E-state index contributed by atoms with van der Waals surface area (Å²) in [6.07, 6.45) is 2.03. The second-order valence-corrected chi connectivity index (χ2v) is 3.17. The molecule has 0 aromatic carbocycles. The predicted molar refractivity (Wildman–Crippen MR) is 42.2 cm³/mol. The first-order valence-electron chi connectivity index (χ1n) is 4.05. The SMILES string of the molecule is COC(=O)[C@H]1CC[C@@H](C)CN1. The van der Waals surface area contributed by atoms with Crippen molar-refractivity contribution in [2.45, 2.75) is 25.8 Å². The summed E-state index contributed by atoms with van der Waals surface area (Å²) in [5.74, 6) is 0.563. The fraction of sp³-hybridized carbons (Fsp3) is 0.875. The lowest BCUT2D eigenvalue weighted by Gasteiger charge is -2.25. The predicted octanol–water partition coefficient (Wildman–Crippen LogP) is 0.547. The smallest absolute Gasteiger partial charge is 0.322 e. The Morgan fingerprint density at radius 2 is 2.27 bits per heavy atom. The number of carbonyl (C=O) groups excluding carboxylic acids is 1. The molecule has 1 fully saturated rings. The first-order valence-corrected chi connectivity index (χ1v) is 4.05. The van der Waals surface area contributed by atoms with Gasteiger partial charge in [0, 0.05) is 0 Å². The molecule has 0 aliphatic carbocycles. The molecule has 3 nitrogen and oxygen atoms in total. The summed E-state index contributed by atoms with van der Waals surface area (Å²) in [6, 6.07) is -0.0591. The Morgan fingerprint density at radius 1 is 1.55 bits per heavy atom. The number of carbonyl (C=O) groups is 1. The summed E-state index contributed by atoms with van der Waals surface area (Å²) in [5.41, 5.74) is 0. The summed E-state index contributed by atoms with van der Waals surface area (Å²) < 4.78 is 4.62. The van der Waals surface area contributed by atoms with Crippen LogP contribution in [-0.2, 0) is 9.53 Å². The number of nitrogens with one attached hydrogen (secondary N) is 1. The van der Waals surface area contributed by atoms with Gasteiger partial charge in [-0.05, 0) is 25.3 Å². The van der Waals surface area contributed by atoms with E-state index in [1.54, 1.807) is 0 Å². The van der Waals surface area contributed by atoms with Gasteiger partial charge in [-0.15, -0.1) is 0 Å². The van der Waals surface area contributed by atoms with Crippen LogP contribution in [0.4, 0.5) is 0 Å². The Balaban J connectivity index is 2.33. The van der Waals surface area contributed by atoms with Gasteiger partial charge in [-0.2, -0.15) is 0 Å². The summed E-state index contributed by atoms with van der Waals surface area (Å²) in [6.45, 7) is 3.11. The van der Waals surface area contributed by atoms with Crippen molar-refractivity contribution in [3.8, 4) is 0 Å². The van der Waals surface area contributed by atoms with Crippen LogP contribution in [0.1, 0.15) is 19.8 Å². The number of piperidine rings is 1. The first kappa shape index (κ1) is 8.53. The second kappa shape index (κ2) is 3.72. The van der Waals surface area contributed by atoms with E-state index in [0.717, 1.165) is 19.4 Å². The molecular weight excluding hydrogens is 142 g/mol. The van der Waals surface area contributed by atoms with Crippen LogP contribution in [0.3, 0.4) is 0 Å². The molecule has 1 aliphatic heterocycles. The highest BCUT2D eigenvalue weighted by atomic mass is 16.5. The van der Waals surface area contributed by atoms with Gasteiger partial charge in [0.05, 0.1) is 7.11 Å². The third-order valence-corrected chi connectivity index (χ3v) is 2.15. The average molecular weight is 157 g/mol. The third-order valence-electron chi connectivity index (χ3n) is 2.15. The molecule has 11 heavy (non-hydrogen) atoms. The Bertz CT molecular complexity index is 139. The Labute approximate surface area is 67.1 Å². The van der Waals surface area contributed by atoms with Gasteiger partial charge >= 0.3 is 5.97 Å². The van der Waals surface area contributed by atoms with Crippen molar-refractivity contribution < 1.29 is 9.53 Å². The first-order chi connectivity index (χ1) is 5.24. The number of hydrogen-bond donors (Lipinski definition) is 1. The molecule has 0 aromatic heterocycles. The topological polar surface area (TPSA) is 38.3 Å². The number of esters is 1. The van der Waals surface area contributed by atoms with Gasteiger partial charge in [0.25, 0.3) is 0 Å². The summed E-state index contributed by atoms with van der Waals surface area (Å²) >= 11 is 0. The Hall–Kier alpha value is -0.570. The van der Waals surface area contributed by atoms with E-state index in [2.05, 4.69) is 17.0 Å². The normalized spacial score (nSPS) is 31.5. The maximum atomic E-state index is 11.0. The lowest BCUT2D eigenvalue weighted by Crippen LogP contribution is -2.43. The van der Waals surface area contributed by atoms with Crippen molar-refractivity contribution in [3.63, 3.8) is 0 Å². The van der Waals surface area contributed by atoms with Gasteiger partial charge in [-0.25, -0.2) is 0 Å². The van der Waals surface area contributed by atoms with Crippen LogP contribution in [0.25, 0.3) is 0 Å². The minimum atomic E-state index is -0.128. The van der Waals surface area contributed by atoms with Crippen molar-refractivity contribution in [2.24, 2.45) is 5.92 Å². The monoisotopic (exact) mass is 157 g/mol. The van der Waals surface area contributed by atoms with E-state index in [4.69, 9.17) is 0 Å². The lowest BCUT2D eigenvalue weighted by molar-refractivity contribution is -0.143.